The summed E-state index contributed by atoms with van der Waals surface area (Å²) in [5.74, 6) is -2.69. The molecule has 7 heteroatoms. The molecule has 1 heterocycles. The van der Waals surface area contributed by atoms with E-state index in [0.29, 0.717) is 6.20 Å². The second-order valence-corrected chi connectivity index (χ2v) is 3.37. The van der Waals surface area contributed by atoms with Crippen LogP contribution in [0.15, 0.2) is 12.3 Å². The average molecular weight is 249 g/mol. The van der Waals surface area contributed by atoms with Crippen molar-refractivity contribution in [3.05, 3.63) is 23.4 Å². The molecule has 0 amide bonds. The molecular weight excluding hydrogens is 239 g/mol. The number of carboxylic acids is 1. The number of aliphatic carboxylic acids is 1. The predicted molar refractivity (Wildman–Crippen MR) is 51.8 cm³/mol. The van der Waals surface area contributed by atoms with Crippen molar-refractivity contribution in [2.75, 3.05) is 7.11 Å². The normalized spacial score (nSPS) is 13.2. The highest BCUT2D eigenvalue weighted by molar-refractivity contribution is 5.76. The summed E-state index contributed by atoms with van der Waals surface area (Å²) in [4.78, 5) is 14.2. The van der Waals surface area contributed by atoms with Gasteiger partial charge in [0.2, 0.25) is 5.88 Å². The van der Waals surface area contributed by atoms with Crippen LogP contribution in [0.2, 0.25) is 0 Å². The number of hydrogen-bond donors (Lipinski definition) is 1. The van der Waals surface area contributed by atoms with Gasteiger partial charge in [-0.3, -0.25) is 4.79 Å². The molecule has 0 radical (unpaired) electrons. The fraction of sp³-hybridized carbons (Fsp3) is 0.400. The summed E-state index contributed by atoms with van der Waals surface area (Å²) in [6.45, 7) is 1.17. The Morgan fingerprint density at radius 2 is 2.12 bits per heavy atom. The Balaban J connectivity index is 3.36. The minimum atomic E-state index is -4.64. The summed E-state index contributed by atoms with van der Waals surface area (Å²) in [5.41, 5.74) is -1.43. The van der Waals surface area contributed by atoms with Crippen molar-refractivity contribution in [1.29, 1.82) is 0 Å². The van der Waals surface area contributed by atoms with Gasteiger partial charge in [0.15, 0.2) is 0 Å². The summed E-state index contributed by atoms with van der Waals surface area (Å²) < 4.78 is 42.6. The molecule has 94 valence electrons. The van der Waals surface area contributed by atoms with Gasteiger partial charge in [0, 0.05) is 12.3 Å². The Labute approximate surface area is 95.0 Å². The first kappa shape index (κ1) is 13.3. The largest absolute Gasteiger partial charge is 0.481 e. The van der Waals surface area contributed by atoms with Gasteiger partial charge in [0.1, 0.15) is 0 Å². The second-order valence-electron chi connectivity index (χ2n) is 3.37. The molecule has 0 aliphatic carbocycles. The Kier molecular flexibility index (Phi) is 3.59. The molecule has 0 saturated carbocycles. The molecule has 1 N–H and O–H groups in total. The van der Waals surface area contributed by atoms with Crippen LogP contribution in [0.4, 0.5) is 13.2 Å². The van der Waals surface area contributed by atoms with E-state index < -0.39 is 23.6 Å². The number of rotatable bonds is 3. The monoisotopic (exact) mass is 249 g/mol. The fourth-order valence-corrected chi connectivity index (χ4v) is 1.29. The van der Waals surface area contributed by atoms with E-state index in [2.05, 4.69) is 9.72 Å². The van der Waals surface area contributed by atoms with Crippen molar-refractivity contribution in [2.24, 2.45) is 0 Å². The highest BCUT2D eigenvalue weighted by atomic mass is 19.4. The third-order valence-corrected chi connectivity index (χ3v) is 2.26. The van der Waals surface area contributed by atoms with E-state index in [1.165, 1.54) is 14.0 Å². The SMILES string of the molecule is COc1cc(C(C)C(=O)O)c(C(F)(F)F)cn1. The van der Waals surface area contributed by atoms with Gasteiger partial charge in [0.05, 0.1) is 18.6 Å². The summed E-state index contributed by atoms with van der Waals surface area (Å²) in [5, 5.41) is 8.76. The van der Waals surface area contributed by atoms with E-state index in [1.807, 2.05) is 0 Å². The molecule has 0 saturated heterocycles. The third kappa shape index (κ3) is 2.86. The minimum absolute atomic E-state index is 0.0545. The topological polar surface area (TPSA) is 59.4 Å². The summed E-state index contributed by atoms with van der Waals surface area (Å²) in [6, 6.07) is 0.988. The van der Waals surface area contributed by atoms with Crippen LogP contribution in [0.1, 0.15) is 24.0 Å². The Morgan fingerprint density at radius 3 is 2.53 bits per heavy atom. The molecule has 0 aliphatic rings. The van der Waals surface area contributed by atoms with Gasteiger partial charge in [-0.15, -0.1) is 0 Å². The number of ether oxygens (including phenoxy) is 1. The second kappa shape index (κ2) is 4.60. The highest BCUT2D eigenvalue weighted by Gasteiger charge is 2.36. The molecule has 1 aromatic heterocycles. The highest BCUT2D eigenvalue weighted by Crippen LogP contribution is 2.36. The van der Waals surface area contributed by atoms with Crippen molar-refractivity contribution < 1.29 is 27.8 Å². The zero-order valence-electron chi connectivity index (χ0n) is 9.08. The first-order chi connectivity index (χ1) is 7.77. The number of methoxy groups -OCH3 is 1. The number of halogens is 3. The molecule has 0 bridgehead atoms. The smallest absolute Gasteiger partial charge is 0.418 e. The summed E-state index contributed by atoms with van der Waals surface area (Å²) >= 11 is 0. The third-order valence-electron chi connectivity index (χ3n) is 2.26. The van der Waals surface area contributed by atoms with Gasteiger partial charge < -0.3 is 9.84 Å². The number of pyridine rings is 1. The maximum absolute atomic E-state index is 12.6. The quantitative estimate of drug-likeness (QED) is 0.892. The molecular formula is C10H10F3NO3. The van der Waals surface area contributed by atoms with Crippen molar-refractivity contribution in [3.63, 3.8) is 0 Å². The van der Waals surface area contributed by atoms with Crippen LogP contribution in [-0.2, 0) is 11.0 Å². The van der Waals surface area contributed by atoms with Crippen molar-refractivity contribution in [3.8, 4) is 5.88 Å². The van der Waals surface area contributed by atoms with E-state index in [-0.39, 0.29) is 11.4 Å². The van der Waals surface area contributed by atoms with E-state index in [4.69, 9.17) is 5.11 Å². The standard InChI is InChI=1S/C10H10F3NO3/c1-5(9(15)16)6-3-8(17-2)14-4-7(6)10(11,12)13/h3-5H,1-2H3,(H,15,16). The van der Waals surface area contributed by atoms with Crippen LogP contribution in [0.3, 0.4) is 0 Å². The predicted octanol–water partition coefficient (Wildman–Crippen LogP) is 2.30. The van der Waals surface area contributed by atoms with Gasteiger partial charge in [-0.05, 0) is 12.5 Å². The van der Waals surface area contributed by atoms with Crippen LogP contribution < -0.4 is 4.74 Å². The summed E-state index contributed by atoms with van der Waals surface area (Å²) in [6.07, 6.45) is -4.06. The number of carboxylic acid groups (broad SMARTS) is 1. The first-order valence-corrected chi connectivity index (χ1v) is 4.61. The van der Waals surface area contributed by atoms with Crippen molar-refractivity contribution in [1.82, 2.24) is 4.98 Å². The number of alkyl halides is 3. The Bertz CT molecular complexity index is 431. The number of carbonyl (C=O) groups is 1. The molecule has 0 aliphatic heterocycles. The lowest BCUT2D eigenvalue weighted by atomic mass is 9.97. The molecule has 1 rings (SSSR count). The molecule has 0 aromatic carbocycles. The lowest BCUT2D eigenvalue weighted by molar-refractivity contribution is -0.141. The van der Waals surface area contributed by atoms with Crippen molar-refractivity contribution >= 4 is 5.97 Å². The number of nitrogens with zero attached hydrogens (tertiary/aromatic N) is 1. The lowest BCUT2D eigenvalue weighted by Gasteiger charge is -2.15. The van der Waals surface area contributed by atoms with Gasteiger partial charge in [0.25, 0.3) is 0 Å². The fourth-order valence-electron chi connectivity index (χ4n) is 1.29. The molecule has 0 spiro atoms. The van der Waals surface area contributed by atoms with Crippen LogP contribution in [0.5, 0.6) is 5.88 Å². The van der Waals surface area contributed by atoms with Crippen LogP contribution >= 0.6 is 0 Å². The Hall–Kier alpha value is -1.79. The van der Waals surface area contributed by atoms with E-state index in [1.54, 1.807) is 0 Å². The molecule has 4 nitrogen and oxygen atoms in total. The maximum atomic E-state index is 12.6. The molecule has 0 fully saturated rings. The van der Waals surface area contributed by atoms with Crippen LogP contribution in [-0.4, -0.2) is 23.2 Å². The van der Waals surface area contributed by atoms with E-state index in [0.717, 1.165) is 6.07 Å². The van der Waals surface area contributed by atoms with Gasteiger partial charge >= 0.3 is 12.1 Å². The summed E-state index contributed by atoms with van der Waals surface area (Å²) in [7, 11) is 1.24. The molecule has 17 heavy (non-hydrogen) atoms. The number of aromatic nitrogens is 1. The molecule has 1 aromatic rings. The van der Waals surface area contributed by atoms with E-state index in [9.17, 15) is 18.0 Å². The molecule has 1 unspecified atom stereocenters. The number of hydrogen-bond acceptors (Lipinski definition) is 3. The average Bonchev–Trinajstić information content (AvgIpc) is 2.25. The van der Waals surface area contributed by atoms with Gasteiger partial charge in [-0.1, -0.05) is 0 Å². The lowest BCUT2D eigenvalue weighted by Crippen LogP contribution is -2.16. The molecule has 1 atom stereocenters. The first-order valence-electron chi connectivity index (χ1n) is 4.61. The van der Waals surface area contributed by atoms with E-state index >= 15 is 0 Å². The van der Waals surface area contributed by atoms with Crippen LogP contribution in [0.25, 0.3) is 0 Å². The zero-order chi connectivity index (χ0) is 13.2. The van der Waals surface area contributed by atoms with Gasteiger partial charge in [-0.2, -0.15) is 13.2 Å². The zero-order valence-corrected chi connectivity index (χ0v) is 9.08. The Morgan fingerprint density at radius 1 is 1.53 bits per heavy atom. The minimum Gasteiger partial charge on any atom is -0.481 e. The van der Waals surface area contributed by atoms with Gasteiger partial charge in [-0.25, -0.2) is 4.98 Å². The van der Waals surface area contributed by atoms with Crippen molar-refractivity contribution in [2.45, 2.75) is 19.0 Å². The maximum Gasteiger partial charge on any atom is 0.418 e. The van der Waals surface area contributed by atoms with Crippen LogP contribution in [0, 0.1) is 0 Å².